The molecule has 0 unspecified atom stereocenters. The zero-order chi connectivity index (χ0) is 16.4. The van der Waals surface area contributed by atoms with Crippen LogP contribution in [-0.4, -0.2) is 50.3 Å². The lowest BCUT2D eigenvalue weighted by Gasteiger charge is -2.32. The molecule has 126 valence electrons. The minimum absolute atomic E-state index is 0.0483. The monoisotopic (exact) mass is 327 g/mol. The van der Waals surface area contributed by atoms with Crippen LogP contribution in [0.4, 0.5) is 0 Å². The molecule has 1 saturated heterocycles. The molecule has 0 radical (unpaired) electrons. The molecular weight excluding hydrogens is 306 g/mol. The Bertz CT molecular complexity index is 715. The molecule has 1 fully saturated rings. The van der Waals surface area contributed by atoms with E-state index < -0.39 is 0 Å². The largest absolute Gasteiger partial charge is 0.370 e. The lowest BCUT2D eigenvalue weighted by molar-refractivity contribution is -0.0235. The van der Waals surface area contributed by atoms with Crippen LogP contribution in [0, 0.1) is 0 Å². The smallest absolute Gasteiger partial charge is 0.291 e. The lowest BCUT2D eigenvalue weighted by Crippen LogP contribution is -2.43. The van der Waals surface area contributed by atoms with Gasteiger partial charge in [0.1, 0.15) is 11.9 Å². The quantitative estimate of drug-likeness (QED) is 0.838. The van der Waals surface area contributed by atoms with Gasteiger partial charge in [-0.3, -0.25) is 9.78 Å². The SMILES string of the molecule is O=C(c1nnc2n1CCCCC2)N1CCO[C@@H](c2cccnc2)C1. The Morgan fingerprint density at radius 1 is 1.21 bits per heavy atom. The normalized spacial score (nSPS) is 21.2. The molecule has 0 aromatic carbocycles. The van der Waals surface area contributed by atoms with Crippen molar-refractivity contribution in [1.82, 2.24) is 24.6 Å². The Morgan fingerprint density at radius 2 is 2.17 bits per heavy atom. The molecule has 1 amide bonds. The second kappa shape index (κ2) is 6.68. The number of fused-ring (bicyclic) bond motifs is 1. The van der Waals surface area contributed by atoms with E-state index in [-0.39, 0.29) is 12.0 Å². The van der Waals surface area contributed by atoms with Crippen molar-refractivity contribution in [3.8, 4) is 0 Å². The average molecular weight is 327 g/mol. The van der Waals surface area contributed by atoms with Gasteiger partial charge < -0.3 is 14.2 Å². The number of amides is 1. The summed E-state index contributed by atoms with van der Waals surface area (Å²) in [6.07, 6.45) is 7.67. The Morgan fingerprint density at radius 3 is 3.04 bits per heavy atom. The van der Waals surface area contributed by atoms with Crippen LogP contribution < -0.4 is 0 Å². The third kappa shape index (κ3) is 2.91. The summed E-state index contributed by atoms with van der Waals surface area (Å²) in [4.78, 5) is 18.9. The summed E-state index contributed by atoms with van der Waals surface area (Å²) in [6, 6.07) is 3.87. The van der Waals surface area contributed by atoms with Crippen LogP contribution in [0.5, 0.6) is 0 Å². The fourth-order valence-electron chi connectivity index (χ4n) is 3.39. The highest BCUT2D eigenvalue weighted by Gasteiger charge is 2.30. The fraction of sp³-hybridized carbons (Fsp3) is 0.529. The molecule has 7 heteroatoms. The van der Waals surface area contributed by atoms with Crippen LogP contribution >= 0.6 is 0 Å². The predicted octanol–water partition coefficient (Wildman–Crippen LogP) is 1.61. The summed E-state index contributed by atoms with van der Waals surface area (Å²) < 4.78 is 7.82. The first-order chi connectivity index (χ1) is 11.8. The van der Waals surface area contributed by atoms with E-state index in [1.165, 1.54) is 6.42 Å². The van der Waals surface area contributed by atoms with Crippen molar-refractivity contribution in [2.24, 2.45) is 0 Å². The van der Waals surface area contributed by atoms with Crippen molar-refractivity contribution in [1.29, 1.82) is 0 Å². The summed E-state index contributed by atoms with van der Waals surface area (Å²) in [5.41, 5.74) is 0.995. The van der Waals surface area contributed by atoms with Gasteiger partial charge in [-0.05, 0) is 18.9 Å². The van der Waals surface area contributed by atoms with E-state index in [1.807, 2.05) is 21.6 Å². The van der Waals surface area contributed by atoms with Gasteiger partial charge in [0.15, 0.2) is 0 Å². The maximum absolute atomic E-state index is 13.0. The van der Waals surface area contributed by atoms with E-state index in [0.717, 1.165) is 37.2 Å². The number of morpholine rings is 1. The molecular formula is C17H21N5O2. The van der Waals surface area contributed by atoms with Crippen molar-refractivity contribution >= 4 is 5.91 Å². The molecule has 2 aliphatic heterocycles. The summed E-state index contributed by atoms with van der Waals surface area (Å²) in [7, 11) is 0. The number of carbonyl (C=O) groups excluding carboxylic acids is 1. The van der Waals surface area contributed by atoms with Gasteiger partial charge in [0.2, 0.25) is 5.82 Å². The Labute approximate surface area is 140 Å². The predicted molar refractivity (Wildman–Crippen MR) is 86.4 cm³/mol. The topological polar surface area (TPSA) is 73.1 Å². The van der Waals surface area contributed by atoms with Gasteiger partial charge in [0, 0.05) is 37.5 Å². The lowest BCUT2D eigenvalue weighted by atomic mass is 10.1. The Kier molecular flexibility index (Phi) is 4.25. The summed E-state index contributed by atoms with van der Waals surface area (Å²) in [5, 5.41) is 8.42. The van der Waals surface area contributed by atoms with E-state index in [4.69, 9.17) is 4.74 Å². The standard InChI is InChI=1S/C17H21N5O2/c23-17(16-20-19-15-6-2-1-3-8-22(15)16)21-9-10-24-14(12-21)13-5-4-7-18-11-13/h4-5,7,11,14H,1-3,6,8-10,12H2/t14-/m1/s1. The molecule has 4 rings (SSSR count). The molecule has 2 aromatic heterocycles. The van der Waals surface area contributed by atoms with Crippen molar-refractivity contribution in [3.63, 3.8) is 0 Å². The second-order valence-electron chi connectivity index (χ2n) is 6.30. The van der Waals surface area contributed by atoms with Crippen molar-refractivity contribution in [3.05, 3.63) is 41.7 Å². The number of aromatic nitrogens is 4. The molecule has 4 heterocycles. The zero-order valence-electron chi connectivity index (χ0n) is 13.6. The number of rotatable bonds is 2. The average Bonchev–Trinajstić information content (AvgIpc) is 2.90. The molecule has 7 nitrogen and oxygen atoms in total. The fourth-order valence-corrected chi connectivity index (χ4v) is 3.39. The van der Waals surface area contributed by atoms with Gasteiger partial charge in [0.05, 0.1) is 13.2 Å². The number of ether oxygens (including phenoxy) is 1. The molecule has 2 aliphatic rings. The second-order valence-corrected chi connectivity index (χ2v) is 6.30. The summed E-state index contributed by atoms with van der Waals surface area (Å²) >= 11 is 0. The molecule has 0 aliphatic carbocycles. The highest BCUT2D eigenvalue weighted by atomic mass is 16.5. The van der Waals surface area contributed by atoms with E-state index in [1.54, 1.807) is 12.4 Å². The number of nitrogens with zero attached hydrogens (tertiary/aromatic N) is 5. The maximum atomic E-state index is 13.0. The van der Waals surface area contributed by atoms with Gasteiger partial charge in [0.25, 0.3) is 5.91 Å². The van der Waals surface area contributed by atoms with Crippen LogP contribution in [0.1, 0.15) is 47.4 Å². The van der Waals surface area contributed by atoms with Crippen LogP contribution in [-0.2, 0) is 17.7 Å². The minimum Gasteiger partial charge on any atom is -0.370 e. The molecule has 2 aromatic rings. The van der Waals surface area contributed by atoms with Crippen molar-refractivity contribution in [2.45, 2.75) is 38.3 Å². The number of carbonyl (C=O) groups is 1. The third-order valence-corrected chi connectivity index (χ3v) is 4.71. The van der Waals surface area contributed by atoms with Gasteiger partial charge in [-0.15, -0.1) is 10.2 Å². The Balaban J connectivity index is 1.53. The molecule has 0 N–H and O–H groups in total. The molecule has 0 bridgehead atoms. The highest BCUT2D eigenvalue weighted by Crippen LogP contribution is 2.23. The third-order valence-electron chi connectivity index (χ3n) is 4.71. The molecule has 0 spiro atoms. The van der Waals surface area contributed by atoms with Crippen molar-refractivity contribution in [2.75, 3.05) is 19.7 Å². The van der Waals surface area contributed by atoms with Crippen LogP contribution in [0.2, 0.25) is 0 Å². The van der Waals surface area contributed by atoms with Crippen molar-refractivity contribution < 1.29 is 9.53 Å². The van der Waals surface area contributed by atoms with E-state index in [2.05, 4.69) is 15.2 Å². The van der Waals surface area contributed by atoms with Gasteiger partial charge in [-0.1, -0.05) is 12.5 Å². The van der Waals surface area contributed by atoms with E-state index >= 15 is 0 Å². The van der Waals surface area contributed by atoms with Crippen LogP contribution in [0.25, 0.3) is 0 Å². The number of aryl methyl sites for hydroxylation is 1. The first kappa shape index (κ1) is 15.3. The summed E-state index contributed by atoms with van der Waals surface area (Å²) in [5.74, 6) is 1.36. The highest BCUT2D eigenvalue weighted by molar-refractivity contribution is 5.90. The Hall–Kier alpha value is -2.28. The maximum Gasteiger partial charge on any atom is 0.291 e. The van der Waals surface area contributed by atoms with Crippen LogP contribution in [0.3, 0.4) is 0 Å². The van der Waals surface area contributed by atoms with E-state index in [9.17, 15) is 4.79 Å². The number of hydrogen-bond donors (Lipinski definition) is 0. The zero-order valence-corrected chi connectivity index (χ0v) is 13.6. The molecule has 1 atom stereocenters. The first-order valence-corrected chi connectivity index (χ1v) is 8.56. The van der Waals surface area contributed by atoms with Gasteiger partial charge in [-0.2, -0.15) is 0 Å². The first-order valence-electron chi connectivity index (χ1n) is 8.56. The van der Waals surface area contributed by atoms with Gasteiger partial charge >= 0.3 is 0 Å². The van der Waals surface area contributed by atoms with E-state index in [0.29, 0.717) is 25.5 Å². The minimum atomic E-state index is -0.136. The summed E-state index contributed by atoms with van der Waals surface area (Å²) in [6.45, 7) is 2.45. The molecule has 24 heavy (non-hydrogen) atoms. The number of hydrogen-bond acceptors (Lipinski definition) is 5. The van der Waals surface area contributed by atoms with Crippen LogP contribution in [0.15, 0.2) is 24.5 Å². The van der Waals surface area contributed by atoms with Gasteiger partial charge in [-0.25, -0.2) is 0 Å². The number of pyridine rings is 1. The molecule has 0 saturated carbocycles.